The second kappa shape index (κ2) is 8.72. The maximum Gasteiger partial charge on any atom is 0.260 e. The molecule has 0 bridgehead atoms. The van der Waals surface area contributed by atoms with E-state index < -0.39 is 6.10 Å². The molecule has 1 fully saturated rings. The van der Waals surface area contributed by atoms with Gasteiger partial charge in [0.1, 0.15) is 5.75 Å². The third-order valence-corrected chi connectivity index (χ3v) is 5.38. The molecule has 1 aliphatic rings. The first-order valence-electron chi connectivity index (χ1n) is 8.76. The first-order valence-corrected chi connectivity index (χ1v) is 9.14. The van der Waals surface area contributed by atoms with Crippen LogP contribution in [0, 0.1) is 19.8 Å². The molecule has 1 unspecified atom stereocenters. The average molecular weight is 353 g/mol. The number of hydrogen-bond acceptors (Lipinski definition) is 3. The number of likely N-dealkylation sites (tertiary alicyclic amines) is 1. The molecule has 2 rings (SSSR count). The minimum atomic E-state index is -0.512. The van der Waals surface area contributed by atoms with Gasteiger partial charge in [-0.15, -0.1) is 0 Å². The minimum absolute atomic E-state index is 0.0619. The molecule has 1 saturated heterocycles. The zero-order valence-corrected chi connectivity index (χ0v) is 15.9. The monoisotopic (exact) mass is 352 g/mol. The van der Waals surface area contributed by atoms with Gasteiger partial charge >= 0.3 is 0 Å². The molecule has 1 N–H and O–H groups in total. The fraction of sp³-hybridized carbons (Fsp3) is 0.632. The number of carbonyl (C=O) groups is 1. The van der Waals surface area contributed by atoms with E-state index >= 15 is 0 Å². The number of hydrogen-bond donors (Lipinski definition) is 1. The molecule has 24 heavy (non-hydrogen) atoms. The van der Waals surface area contributed by atoms with Crippen LogP contribution in [0.25, 0.3) is 0 Å². The molecule has 1 aliphatic heterocycles. The number of nitrogens with zero attached hydrogens (tertiary/aromatic N) is 1. The van der Waals surface area contributed by atoms with Crippen LogP contribution >= 0.6 is 11.6 Å². The van der Waals surface area contributed by atoms with Crippen molar-refractivity contribution in [1.29, 1.82) is 0 Å². The largest absolute Gasteiger partial charge is 0.481 e. The average Bonchev–Trinajstić information content (AvgIpc) is 2.54. The quantitative estimate of drug-likeness (QED) is 0.850. The number of amides is 1. The predicted molar refractivity (Wildman–Crippen MR) is 98.9 cm³/mol. The number of ether oxygens (including phenoxy) is 1. The van der Waals surface area contributed by atoms with E-state index in [-0.39, 0.29) is 5.91 Å². The van der Waals surface area contributed by atoms with Gasteiger partial charge in [-0.05, 0) is 89.3 Å². The highest BCUT2D eigenvalue weighted by Gasteiger charge is 2.18. The first-order chi connectivity index (χ1) is 11.4. The molecular formula is C19H29ClN2O2. The summed E-state index contributed by atoms with van der Waals surface area (Å²) in [5.41, 5.74) is 1.92. The van der Waals surface area contributed by atoms with Gasteiger partial charge in [0, 0.05) is 11.6 Å². The SMILES string of the molecule is Cc1cc(OC(C)C(=O)NCCC2CCN(C)CC2)cc(C)c1Cl. The molecule has 1 heterocycles. The zero-order valence-electron chi connectivity index (χ0n) is 15.2. The van der Waals surface area contributed by atoms with Gasteiger partial charge < -0.3 is 15.0 Å². The number of nitrogens with one attached hydrogen (secondary N) is 1. The van der Waals surface area contributed by atoms with Crippen LogP contribution in [-0.4, -0.2) is 43.6 Å². The third kappa shape index (κ3) is 5.38. The summed E-state index contributed by atoms with van der Waals surface area (Å²) in [6.45, 7) is 8.70. The van der Waals surface area contributed by atoms with Crippen LogP contribution in [0.4, 0.5) is 0 Å². The molecule has 4 nitrogen and oxygen atoms in total. The highest BCUT2D eigenvalue weighted by atomic mass is 35.5. The van der Waals surface area contributed by atoms with E-state index in [1.54, 1.807) is 6.92 Å². The van der Waals surface area contributed by atoms with Crippen molar-refractivity contribution >= 4 is 17.5 Å². The van der Waals surface area contributed by atoms with Gasteiger partial charge in [0.15, 0.2) is 6.10 Å². The molecule has 1 aromatic rings. The lowest BCUT2D eigenvalue weighted by molar-refractivity contribution is -0.127. The van der Waals surface area contributed by atoms with Crippen LogP contribution in [0.1, 0.15) is 37.3 Å². The number of aryl methyl sites for hydroxylation is 2. The lowest BCUT2D eigenvalue weighted by Gasteiger charge is -2.29. The van der Waals surface area contributed by atoms with E-state index in [0.717, 1.165) is 48.1 Å². The summed E-state index contributed by atoms with van der Waals surface area (Å²) in [6.07, 6.45) is 2.98. The molecule has 1 amide bonds. The Balaban J connectivity index is 1.76. The number of carbonyl (C=O) groups excluding carboxylic acids is 1. The van der Waals surface area contributed by atoms with Gasteiger partial charge in [-0.2, -0.15) is 0 Å². The summed E-state index contributed by atoms with van der Waals surface area (Å²) < 4.78 is 5.77. The molecular weight excluding hydrogens is 324 g/mol. The van der Waals surface area contributed by atoms with Gasteiger partial charge in [0.05, 0.1) is 0 Å². The third-order valence-electron chi connectivity index (χ3n) is 4.78. The van der Waals surface area contributed by atoms with Crippen molar-refractivity contribution in [1.82, 2.24) is 10.2 Å². The van der Waals surface area contributed by atoms with Gasteiger partial charge in [-0.25, -0.2) is 0 Å². The normalized spacial score (nSPS) is 17.5. The fourth-order valence-electron chi connectivity index (χ4n) is 3.13. The Hall–Kier alpha value is -1.26. The van der Waals surface area contributed by atoms with Crippen molar-refractivity contribution in [3.05, 3.63) is 28.3 Å². The first kappa shape index (κ1) is 19.1. The second-order valence-electron chi connectivity index (χ2n) is 6.96. The molecule has 0 radical (unpaired) electrons. The maximum absolute atomic E-state index is 12.2. The van der Waals surface area contributed by atoms with Crippen molar-refractivity contribution in [2.45, 2.75) is 46.1 Å². The molecule has 5 heteroatoms. The van der Waals surface area contributed by atoms with E-state index in [4.69, 9.17) is 16.3 Å². The van der Waals surface area contributed by atoms with E-state index in [9.17, 15) is 4.79 Å². The molecule has 134 valence electrons. The molecule has 0 spiro atoms. The van der Waals surface area contributed by atoms with Crippen LogP contribution in [0.3, 0.4) is 0 Å². The Bertz CT molecular complexity index is 545. The van der Waals surface area contributed by atoms with Gasteiger partial charge in [-0.1, -0.05) is 11.6 Å². The summed E-state index contributed by atoms with van der Waals surface area (Å²) in [6, 6.07) is 3.75. The topological polar surface area (TPSA) is 41.6 Å². The standard InChI is InChI=1S/C19H29ClN2O2/c1-13-11-17(12-14(2)18(13)20)24-15(3)19(23)21-8-5-16-6-9-22(4)10-7-16/h11-12,15-16H,5-10H2,1-4H3,(H,21,23). The molecule has 0 aromatic heterocycles. The molecule has 1 atom stereocenters. The van der Waals surface area contributed by atoms with Crippen molar-refractivity contribution in [2.75, 3.05) is 26.7 Å². The van der Waals surface area contributed by atoms with Crippen molar-refractivity contribution in [3.8, 4) is 5.75 Å². The summed E-state index contributed by atoms with van der Waals surface area (Å²) in [4.78, 5) is 14.6. The number of benzene rings is 1. The van der Waals surface area contributed by atoms with Crippen LogP contribution in [0.5, 0.6) is 5.75 Å². The summed E-state index contributed by atoms with van der Waals surface area (Å²) in [7, 11) is 2.16. The van der Waals surface area contributed by atoms with E-state index in [1.165, 1.54) is 12.8 Å². The molecule has 0 aliphatic carbocycles. The smallest absolute Gasteiger partial charge is 0.260 e. The van der Waals surface area contributed by atoms with Gasteiger partial charge in [-0.3, -0.25) is 4.79 Å². The Labute approximate surface area is 150 Å². The second-order valence-corrected chi connectivity index (χ2v) is 7.34. The van der Waals surface area contributed by atoms with Crippen LogP contribution < -0.4 is 10.1 Å². The Kier molecular flexibility index (Phi) is 6.93. The van der Waals surface area contributed by atoms with E-state index in [2.05, 4.69) is 17.3 Å². The lowest BCUT2D eigenvalue weighted by Crippen LogP contribution is -2.38. The van der Waals surface area contributed by atoms with Crippen LogP contribution in [0.2, 0.25) is 5.02 Å². The maximum atomic E-state index is 12.2. The number of halogens is 1. The van der Waals surface area contributed by atoms with E-state index in [0.29, 0.717) is 5.75 Å². The van der Waals surface area contributed by atoms with Crippen molar-refractivity contribution in [3.63, 3.8) is 0 Å². The molecule has 0 saturated carbocycles. The van der Waals surface area contributed by atoms with Gasteiger partial charge in [0.25, 0.3) is 5.91 Å². The van der Waals surface area contributed by atoms with Crippen molar-refractivity contribution < 1.29 is 9.53 Å². The summed E-state index contributed by atoms with van der Waals surface area (Å²) in [5.74, 6) is 1.35. The Morgan fingerprint density at radius 3 is 2.50 bits per heavy atom. The number of piperidine rings is 1. The fourth-order valence-corrected chi connectivity index (χ4v) is 3.23. The summed E-state index contributed by atoms with van der Waals surface area (Å²) in [5, 5.41) is 3.75. The Morgan fingerprint density at radius 2 is 1.92 bits per heavy atom. The number of rotatable bonds is 6. The summed E-state index contributed by atoms with van der Waals surface area (Å²) >= 11 is 6.16. The van der Waals surface area contributed by atoms with Crippen LogP contribution in [0.15, 0.2) is 12.1 Å². The minimum Gasteiger partial charge on any atom is -0.481 e. The molecule has 1 aromatic carbocycles. The Morgan fingerprint density at radius 1 is 1.33 bits per heavy atom. The zero-order chi connectivity index (χ0) is 17.7. The van der Waals surface area contributed by atoms with Crippen LogP contribution in [-0.2, 0) is 4.79 Å². The highest BCUT2D eigenvalue weighted by molar-refractivity contribution is 6.32. The van der Waals surface area contributed by atoms with Gasteiger partial charge in [0.2, 0.25) is 0 Å². The van der Waals surface area contributed by atoms with E-state index in [1.807, 2.05) is 26.0 Å². The van der Waals surface area contributed by atoms with Crippen molar-refractivity contribution in [2.24, 2.45) is 5.92 Å². The predicted octanol–water partition coefficient (Wildman–Crippen LogP) is 3.57. The lowest BCUT2D eigenvalue weighted by atomic mass is 9.94. The highest BCUT2D eigenvalue weighted by Crippen LogP contribution is 2.26.